The Morgan fingerprint density at radius 3 is 2.86 bits per heavy atom. The molecule has 0 saturated carbocycles. The van der Waals surface area contributed by atoms with Crippen molar-refractivity contribution in [1.29, 1.82) is 5.26 Å². The van der Waals surface area contributed by atoms with Crippen molar-refractivity contribution >= 4 is 5.97 Å². The molecule has 1 aromatic heterocycles. The van der Waals surface area contributed by atoms with Crippen molar-refractivity contribution in [2.75, 3.05) is 13.1 Å². The Morgan fingerprint density at radius 1 is 1.34 bits per heavy atom. The van der Waals surface area contributed by atoms with Gasteiger partial charge in [-0.15, -0.1) is 0 Å². The number of nitrogens with zero attached hydrogens (tertiary/aromatic N) is 4. The molecule has 0 fully saturated rings. The zero-order valence-corrected chi connectivity index (χ0v) is 22.7. The van der Waals surface area contributed by atoms with Gasteiger partial charge in [0.25, 0.3) is 5.89 Å². The molecule has 1 aliphatic rings. The van der Waals surface area contributed by atoms with Crippen LogP contribution in [0.3, 0.4) is 0 Å². The van der Waals surface area contributed by atoms with Crippen molar-refractivity contribution in [3.63, 3.8) is 0 Å². The molecular weight excluding hydrogens is 455 g/mol. The Balaban J connectivity index is 0.00000228. The van der Waals surface area contributed by atoms with Crippen molar-refractivity contribution in [2.45, 2.75) is 52.7 Å². The molecular formula is C26H29N4NaO4. The monoisotopic (exact) mass is 484 g/mol. The third kappa shape index (κ3) is 6.30. The summed E-state index contributed by atoms with van der Waals surface area (Å²) < 4.78 is 11.2. The van der Waals surface area contributed by atoms with Crippen LogP contribution in [-0.2, 0) is 17.8 Å². The second-order valence-electron chi connectivity index (χ2n) is 8.81. The Kier molecular flexibility index (Phi) is 9.09. The van der Waals surface area contributed by atoms with Gasteiger partial charge in [-0.1, -0.05) is 17.3 Å². The molecule has 2 aromatic carbocycles. The largest absolute Gasteiger partial charge is 1.00 e. The average Bonchev–Trinajstić information content (AvgIpc) is 3.29. The fourth-order valence-corrected chi connectivity index (χ4v) is 4.34. The summed E-state index contributed by atoms with van der Waals surface area (Å²) in [4.78, 5) is 17.7. The molecule has 0 aliphatic carbocycles. The van der Waals surface area contributed by atoms with Gasteiger partial charge in [-0.25, -0.2) is 0 Å². The first-order valence-corrected chi connectivity index (χ1v) is 11.5. The zero-order chi connectivity index (χ0) is 24.2. The molecule has 0 unspecified atom stereocenters. The summed E-state index contributed by atoms with van der Waals surface area (Å²) in [5.74, 6) is 0.647. The number of aromatic nitrogens is 2. The zero-order valence-electron chi connectivity index (χ0n) is 21.7. The maximum atomic E-state index is 10.8. The van der Waals surface area contributed by atoms with Crippen LogP contribution in [0.15, 0.2) is 34.9 Å². The van der Waals surface area contributed by atoms with Crippen LogP contribution in [0.1, 0.15) is 50.4 Å². The Bertz CT molecular complexity index is 1260. The van der Waals surface area contributed by atoms with E-state index in [-0.39, 0.29) is 43.5 Å². The Labute approximate surface area is 228 Å². The molecule has 35 heavy (non-hydrogen) atoms. The molecule has 0 atom stereocenters. The van der Waals surface area contributed by atoms with Crippen LogP contribution in [0.4, 0.5) is 0 Å². The minimum absolute atomic E-state index is 0. The molecule has 0 spiro atoms. The Morgan fingerprint density at radius 2 is 2.14 bits per heavy atom. The van der Waals surface area contributed by atoms with Gasteiger partial charge in [-0.2, -0.15) is 10.2 Å². The predicted octanol–water partition coefficient (Wildman–Crippen LogP) is 1.71. The van der Waals surface area contributed by atoms with Crippen LogP contribution in [0.2, 0.25) is 0 Å². The SMILES string of the molecule is Cc1c(-c2noc(-c3ccc(OC(C)C)c(C#N)c3)n2)ccc2c1CCN(CCCC(=O)O)C2.[H-].[Na+]. The fraction of sp³-hybridized carbons (Fsp3) is 0.385. The number of aliphatic carboxylic acids is 1. The topological polar surface area (TPSA) is 112 Å². The van der Waals surface area contributed by atoms with Gasteiger partial charge in [0, 0.05) is 30.6 Å². The van der Waals surface area contributed by atoms with Gasteiger partial charge in [-0.3, -0.25) is 9.69 Å². The number of nitriles is 1. The second-order valence-corrected chi connectivity index (χ2v) is 8.81. The number of carboxylic acid groups (broad SMARTS) is 1. The molecule has 8 nitrogen and oxygen atoms in total. The third-order valence-electron chi connectivity index (χ3n) is 6.01. The number of carbonyl (C=O) groups is 1. The summed E-state index contributed by atoms with van der Waals surface area (Å²) in [5.41, 5.74) is 5.69. The van der Waals surface area contributed by atoms with Gasteiger partial charge in [0.15, 0.2) is 0 Å². The first kappa shape index (κ1) is 26.9. The summed E-state index contributed by atoms with van der Waals surface area (Å²) in [5, 5.41) is 22.6. The van der Waals surface area contributed by atoms with E-state index >= 15 is 0 Å². The number of fused-ring (bicyclic) bond motifs is 1. The average molecular weight is 485 g/mol. The number of hydrogen-bond acceptors (Lipinski definition) is 7. The van der Waals surface area contributed by atoms with E-state index in [9.17, 15) is 10.1 Å². The molecule has 0 saturated heterocycles. The molecule has 9 heteroatoms. The van der Waals surface area contributed by atoms with Gasteiger partial charge in [0.2, 0.25) is 5.82 Å². The number of rotatable bonds is 8. The number of ether oxygens (including phenoxy) is 1. The normalized spacial score (nSPS) is 13.1. The van der Waals surface area contributed by atoms with E-state index in [0.29, 0.717) is 35.0 Å². The molecule has 1 N–H and O–H groups in total. The van der Waals surface area contributed by atoms with Crippen LogP contribution in [0.25, 0.3) is 22.8 Å². The van der Waals surface area contributed by atoms with Crippen molar-refractivity contribution in [2.24, 2.45) is 0 Å². The van der Waals surface area contributed by atoms with E-state index in [2.05, 4.69) is 34.1 Å². The van der Waals surface area contributed by atoms with E-state index in [1.807, 2.05) is 26.0 Å². The van der Waals surface area contributed by atoms with Crippen molar-refractivity contribution in [3.8, 4) is 34.7 Å². The summed E-state index contributed by atoms with van der Waals surface area (Å²) >= 11 is 0. The molecule has 0 bridgehead atoms. The van der Waals surface area contributed by atoms with E-state index in [0.717, 1.165) is 37.2 Å². The van der Waals surface area contributed by atoms with Gasteiger partial charge >= 0.3 is 35.5 Å². The molecule has 2 heterocycles. The summed E-state index contributed by atoms with van der Waals surface area (Å²) in [6.45, 7) is 8.41. The number of benzene rings is 2. The summed E-state index contributed by atoms with van der Waals surface area (Å²) in [6.07, 6.45) is 1.73. The number of hydrogen-bond donors (Lipinski definition) is 1. The van der Waals surface area contributed by atoms with Gasteiger partial charge in [-0.05, 0) is 75.0 Å². The first-order valence-electron chi connectivity index (χ1n) is 11.5. The fourth-order valence-electron chi connectivity index (χ4n) is 4.34. The molecule has 1 aliphatic heterocycles. The molecule has 0 amide bonds. The van der Waals surface area contributed by atoms with Crippen LogP contribution < -0.4 is 34.3 Å². The number of carboxylic acids is 1. The minimum atomic E-state index is -0.749. The molecule has 0 radical (unpaired) electrons. The summed E-state index contributed by atoms with van der Waals surface area (Å²) in [6, 6.07) is 11.6. The van der Waals surface area contributed by atoms with Gasteiger partial charge in [0.1, 0.15) is 11.8 Å². The predicted molar refractivity (Wildman–Crippen MR) is 127 cm³/mol. The minimum Gasteiger partial charge on any atom is -1.00 e. The van der Waals surface area contributed by atoms with E-state index < -0.39 is 5.97 Å². The van der Waals surface area contributed by atoms with Crippen LogP contribution in [-0.4, -0.2) is 45.3 Å². The van der Waals surface area contributed by atoms with E-state index in [1.54, 1.807) is 12.1 Å². The van der Waals surface area contributed by atoms with Gasteiger partial charge < -0.3 is 15.8 Å². The first-order chi connectivity index (χ1) is 16.4. The molecule has 3 aromatic rings. The van der Waals surface area contributed by atoms with Crippen molar-refractivity contribution in [1.82, 2.24) is 15.0 Å². The van der Waals surface area contributed by atoms with Crippen molar-refractivity contribution in [3.05, 3.63) is 52.6 Å². The molecule has 178 valence electrons. The van der Waals surface area contributed by atoms with Crippen LogP contribution in [0.5, 0.6) is 5.75 Å². The summed E-state index contributed by atoms with van der Waals surface area (Å²) in [7, 11) is 0. The van der Waals surface area contributed by atoms with E-state index in [4.69, 9.17) is 14.4 Å². The van der Waals surface area contributed by atoms with E-state index in [1.165, 1.54) is 11.1 Å². The maximum Gasteiger partial charge on any atom is 1.00 e. The van der Waals surface area contributed by atoms with Gasteiger partial charge in [0.05, 0.1) is 11.7 Å². The van der Waals surface area contributed by atoms with Crippen molar-refractivity contribution < 1.29 is 50.1 Å². The maximum absolute atomic E-state index is 10.8. The third-order valence-corrected chi connectivity index (χ3v) is 6.01. The van der Waals surface area contributed by atoms with Crippen LogP contribution in [0, 0.1) is 18.3 Å². The second kappa shape index (κ2) is 11.8. The molecule has 4 rings (SSSR count). The smallest absolute Gasteiger partial charge is 1.00 e. The Hall–Kier alpha value is -2.70. The van der Waals surface area contributed by atoms with Crippen LogP contribution >= 0.6 is 0 Å². The standard InChI is InChI=1S/C26H28N4O4.Na.H/c1-16(2)33-23-9-7-18(13-20(23)14-27)26-28-25(29-34-26)22-8-6-19-15-30(11-4-5-24(31)32)12-10-21(19)17(22)3;;/h6-9,13,16H,4-5,10-12,15H2,1-3H3,(H,31,32);;/q;+1;-1. The quantitative estimate of drug-likeness (QED) is 0.481.